The van der Waals surface area contributed by atoms with Crippen LogP contribution in [0.5, 0.6) is 0 Å². The highest BCUT2D eigenvalue weighted by atomic mass is 16.3. The van der Waals surface area contributed by atoms with Crippen molar-refractivity contribution in [1.29, 1.82) is 0 Å². The van der Waals surface area contributed by atoms with Crippen molar-refractivity contribution >= 4 is 5.69 Å². The Labute approximate surface area is 103 Å². The van der Waals surface area contributed by atoms with E-state index in [1.165, 1.54) is 11.3 Å². The molecule has 0 spiro atoms. The van der Waals surface area contributed by atoms with Crippen LogP contribution in [0.2, 0.25) is 0 Å². The largest absolute Gasteiger partial charge is 0.392 e. The lowest BCUT2D eigenvalue weighted by atomic mass is 9.95. The summed E-state index contributed by atoms with van der Waals surface area (Å²) < 4.78 is 0. The Morgan fingerprint density at radius 3 is 2.76 bits per heavy atom. The third-order valence-corrected chi connectivity index (χ3v) is 3.70. The van der Waals surface area contributed by atoms with Crippen LogP contribution in [0.4, 0.5) is 5.69 Å². The number of aliphatic hydroxyl groups is 2. The molecule has 1 aliphatic heterocycles. The van der Waals surface area contributed by atoms with E-state index in [0.717, 1.165) is 18.5 Å². The number of aliphatic hydroxyl groups excluding tert-OH is 2. The van der Waals surface area contributed by atoms with Gasteiger partial charge in [0.2, 0.25) is 0 Å². The lowest BCUT2D eigenvalue weighted by Crippen LogP contribution is -2.43. The summed E-state index contributed by atoms with van der Waals surface area (Å²) in [7, 11) is 0. The van der Waals surface area contributed by atoms with Gasteiger partial charge in [-0.1, -0.05) is 19.1 Å². The second-order valence-electron chi connectivity index (χ2n) is 5.06. The number of rotatable bonds is 2. The lowest BCUT2D eigenvalue weighted by Gasteiger charge is -2.36. The molecule has 2 atom stereocenters. The fourth-order valence-corrected chi connectivity index (χ4v) is 2.44. The molecule has 2 rings (SSSR count). The normalized spacial score (nSPS) is 25.1. The maximum Gasteiger partial charge on any atom is 0.0741 e. The van der Waals surface area contributed by atoms with E-state index >= 15 is 0 Å². The van der Waals surface area contributed by atoms with Gasteiger partial charge in [-0.05, 0) is 36.5 Å². The van der Waals surface area contributed by atoms with E-state index in [1.807, 2.05) is 18.2 Å². The van der Waals surface area contributed by atoms with Gasteiger partial charge in [0.05, 0.1) is 12.7 Å². The van der Waals surface area contributed by atoms with Crippen molar-refractivity contribution in [2.24, 2.45) is 5.92 Å². The summed E-state index contributed by atoms with van der Waals surface area (Å²) in [5, 5.41) is 19.0. The topological polar surface area (TPSA) is 43.7 Å². The summed E-state index contributed by atoms with van der Waals surface area (Å²) in [4.78, 5) is 2.24. The number of anilines is 1. The first-order valence-electron chi connectivity index (χ1n) is 6.25. The molecule has 94 valence electrons. The minimum Gasteiger partial charge on any atom is -0.392 e. The Morgan fingerprint density at radius 1 is 1.41 bits per heavy atom. The molecule has 0 radical (unpaired) electrons. The first-order valence-corrected chi connectivity index (χ1v) is 6.25. The Balaban J connectivity index is 2.17. The van der Waals surface area contributed by atoms with Crippen molar-refractivity contribution in [2.75, 3.05) is 18.0 Å². The monoisotopic (exact) mass is 235 g/mol. The van der Waals surface area contributed by atoms with E-state index in [0.29, 0.717) is 12.5 Å². The van der Waals surface area contributed by atoms with Crippen LogP contribution in [0, 0.1) is 12.8 Å². The van der Waals surface area contributed by atoms with Crippen LogP contribution in [0.3, 0.4) is 0 Å². The summed E-state index contributed by atoms with van der Waals surface area (Å²) in [6, 6.07) is 6.01. The zero-order valence-corrected chi connectivity index (χ0v) is 10.6. The summed E-state index contributed by atoms with van der Waals surface area (Å²) in [5.74, 6) is 0.392. The first-order chi connectivity index (χ1) is 8.11. The predicted octanol–water partition coefficient (Wildman–Crippen LogP) is 1.69. The smallest absolute Gasteiger partial charge is 0.0741 e. The molecule has 0 amide bonds. The van der Waals surface area contributed by atoms with Gasteiger partial charge in [-0.25, -0.2) is 0 Å². The maximum absolute atomic E-state index is 9.92. The van der Waals surface area contributed by atoms with Gasteiger partial charge in [-0.3, -0.25) is 0 Å². The zero-order chi connectivity index (χ0) is 12.4. The second-order valence-corrected chi connectivity index (χ2v) is 5.06. The molecule has 0 bridgehead atoms. The van der Waals surface area contributed by atoms with Crippen molar-refractivity contribution in [1.82, 2.24) is 0 Å². The van der Waals surface area contributed by atoms with Gasteiger partial charge in [0, 0.05) is 18.8 Å². The zero-order valence-electron chi connectivity index (χ0n) is 10.6. The quantitative estimate of drug-likeness (QED) is 0.820. The molecule has 0 aliphatic carbocycles. The third kappa shape index (κ3) is 2.61. The van der Waals surface area contributed by atoms with Gasteiger partial charge in [-0.15, -0.1) is 0 Å². The fraction of sp³-hybridized carbons (Fsp3) is 0.571. The highest BCUT2D eigenvalue weighted by Crippen LogP contribution is 2.26. The van der Waals surface area contributed by atoms with E-state index < -0.39 is 0 Å². The number of β-amino-alcohol motifs (C(OH)–C–C–N with tert-alkyl or cyclic N) is 1. The summed E-state index contributed by atoms with van der Waals surface area (Å²) in [6.07, 6.45) is 0.795. The van der Waals surface area contributed by atoms with E-state index in [-0.39, 0.29) is 12.7 Å². The van der Waals surface area contributed by atoms with Crippen molar-refractivity contribution in [3.63, 3.8) is 0 Å². The van der Waals surface area contributed by atoms with Gasteiger partial charge < -0.3 is 15.1 Å². The minimum absolute atomic E-state index is 0.0841. The summed E-state index contributed by atoms with van der Waals surface area (Å²) in [5.41, 5.74) is 3.28. The Kier molecular flexibility index (Phi) is 3.69. The number of aryl methyl sites for hydroxylation is 1. The van der Waals surface area contributed by atoms with Crippen molar-refractivity contribution in [3.8, 4) is 0 Å². The Bertz CT molecular complexity index is 392. The SMILES string of the molecule is Cc1cc(CO)ccc1N1CCC(C)C(O)C1. The van der Waals surface area contributed by atoms with Gasteiger partial charge in [0.25, 0.3) is 0 Å². The third-order valence-electron chi connectivity index (χ3n) is 3.70. The molecule has 1 saturated heterocycles. The molecule has 1 aromatic carbocycles. The average molecular weight is 235 g/mol. The van der Waals surface area contributed by atoms with Gasteiger partial charge in [-0.2, -0.15) is 0 Å². The standard InChI is InChI=1S/C14H21NO2/c1-10-5-6-15(8-14(10)17)13-4-3-12(9-16)7-11(13)2/h3-4,7,10,14,16-17H,5-6,8-9H2,1-2H3. The minimum atomic E-state index is -0.235. The predicted molar refractivity (Wildman–Crippen MR) is 69.1 cm³/mol. The fourth-order valence-electron chi connectivity index (χ4n) is 2.44. The number of hydrogen-bond donors (Lipinski definition) is 2. The Morgan fingerprint density at radius 2 is 2.18 bits per heavy atom. The van der Waals surface area contributed by atoms with E-state index in [9.17, 15) is 5.11 Å². The molecule has 0 aromatic heterocycles. The van der Waals surface area contributed by atoms with Crippen LogP contribution in [0.1, 0.15) is 24.5 Å². The maximum atomic E-state index is 9.92. The van der Waals surface area contributed by atoms with Gasteiger partial charge in [0.15, 0.2) is 0 Å². The first kappa shape index (κ1) is 12.4. The summed E-state index contributed by atoms with van der Waals surface area (Å²) in [6.45, 7) is 5.95. The molecule has 1 fully saturated rings. The van der Waals surface area contributed by atoms with Crippen LogP contribution in [0.15, 0.2) is 18.2 Å². The molecular formula is C14H21NO2. The van der Waals surface area contributed by atoms with Crippen LogP contribution < -0.4 is 4.90 Å². The highest BCUT2D eigenvalue weighted by Gasteiger charge is 2.24. The number of benzene rings is 1. The van der Waals surface area contributed by atoms with Crippen LogP contribution in [-0.2, 0) is 6.61 Å². The van der Waals surface area contributed by atoms with Gasteiger partial charge in [0.1, 0.15) is 0 Å². The van der Waals surface area contributed by atoms with Crippen LogP contribution in [-0.4, -0.2) is 29.4 Å². The molecule has 1 aliphatic rings. The molecule has 2 N–H and O–H groups in total. The van der Waals surface area contributed by atoms with Crippen molar-refractivity contribution in [3.05, 3.63) is 29.3 Å². The number of hydrogen-bond acceptors (Lipinski definition) is 3. The number of piperidine rings is 1. The van der Waals surface area contributed by atoms with Crippen molar-refractivity contribution < 1.29 is 10.2 Å². The second kappa shape index (κ2) is 5.07. The molecule has 2 unspecified atom stereocenters. The van der Waals surface area contributed by atoms with Crippen LogP contribution in [0.25, 0.3) is 0 Å². The van der Waals surface area contributed by atoms with Crippen LogP contribution >= 0.6 is 0 Å². The molecule has 0 saturated carbocycles. The molecule has 1 aromatic rings. The van der Waals surface area contributed by atoms with E-state index in [4.69, 9.17) is 5.11 Å². The molecule has 3 heteroatoms. The highest BCUT2D eigenvalue weighted by molar-refractivity contribution is 5.54. The average Bonchev–Trinajstić information content (AvgIpc) is 2.32. The Hall–Kier alpha value is -1.06. The number of nitrogens with zero attached hydrogens (tertiary/aromatic N) is 1. The van der Waals surface area contributed by atoms with E-state index in [1.54, 1.807) is 0 Å². The molecule has 3 nitrogen and oxygen atoms in total. The molecule has 17 heavy (non-hydrogen) atoms. The lowest BCUT2D eigenvalue weighted by molar-refractivity contribution is 0.103. The summed E-state index contributed by atoms with van der Waals surface area (Å²) >= 11 is 0. The molecule has 1 heterocycles. The molecular weight excluding hydrogens is 214 g/mol. The van der Waals surface area contributed by atoms with Gasteiger partial charge >= 0.3 is 0 Å². The van der Waals surface area contributed by atoms with E-state index in [2.05, 4.69) is 18.7 Å². The van der Waals surface area contributed by atoms with Crippen molar-refractivity contribution in [2.45, 2.75) is 33.0 Å².